The lowest BCUT2D eigenvalue weighted by atomic mass is 10.3. The molecule has 0 saturated heterocycles. The number of hydrogen-bond acceptors (Lipinski definition) is 4. The second-order valence-electron chi connectivity index (χ2n) is 2.95. The van der Waals surface area contributed by atoms with E-state index in [9.17, 15) is 0 Å². The van der Waals surface area contributed by atoms with Crippen LogP contribution in [-0.2, 0) is 5.75 Å². The van der Waals surface area contributed by atoms with Gasteiger partial charge in [-0.05, 0) is 30.3 Å². The molecule has 76 valence electrons. The highest BCUT2D eigenvalue weighted by Gasteiger charge is 1.97. The number of rotatable bonds is 3. The Kier molecular flexibility index (Phi) is 3.19. The van der Waals surface area contributed by atoms with Crippen molar-refractivity contribution < 1.29 is 5.11 Å². The quantitative estimate of drug-likeness (QED) is 0.804. The zero-order valence-electron chi connectivity index (χ0n) is 8.00. The van der Waals surface area contributed by atoms with Crippen molar-refractivity contribution in [2.75, 3.05) is 0 Å². The number of phenolic OH excluding ortho intramolecular Hbond substituents is 1. The third-order valence-electron chi connectivity index (χ3n) is 1.82. The Hall–Kier alpha value is -1.55. The van der Waals surface area contributed by atoms with Crippen LogP contribution < -0.4 is 0 Å². The highest BCUT2D eigenvalue weighted by molar-refractivity contribution is 7.98. The second-order valence-corrected chi connectivity index (χ2v) is 4.00. The fraction of sp³-hybridized carbons (Fsp3) is 0.0909. The molecular weight excluding hydrogens is 208 g/mol. The summed E-state index contributed by atoms with van der Waals surface area (Å²) in [6, 6.07) is 8.91. The lowest BCUT2D eigenvalue weighted by molar-refractivity contribution is 0.475. The summed E-state index contributed by atoms with van der Waals surface area (Å²) in [6.45, 7) is 0. The number of hydrogen-bond donors (Lipinski definition) is 1. The molecule has 2 aromatic rings. The van der Waals surface area contributed by atoms with E-state index in [1.807, 2.05) is 12.1 Å². The molecule has 0 aliphatic rings. The molecule has 0 saturated carbocycles. The van der Waals surface area contributed by atoms with Crippen molar-refractivity contribution in [2.45, 2.75) is 10.6 Å². The van der Waals surface area contributed by atoms with Gasteiger partial charge in [0.1, 0.15) is 11.6 Å². The summed E-state index contributed by atoms with van der Waals surface area (Å²) in [5.74, 6) is 1.84. The maximum absolute atomic E-state index is 9.11. The van der Waals surface area contributed by atoms with Crippen LogP contribution in [0.2, 0.25) is 0 Å². The van der Waals surface area contributed by atoms with Crippen LogP contribution in [0.4, 0.5) is 0 Å². The standard InChI is InChI=1S/C11H10N2OS/c14-9-2-4-10(5-3-9)15-8-11-12-6-1-7-13-11/h1-7,14H,8H2. The minimum absolute atomic E-state index is 0.287. The molecule has 1 N–H and O–H groups in total. The van der Waals surface area contributed by atoms with Gasteiger partial charge in [-0.3, -0.25) is 0 Å². The predicted molar refractivity (Wildman–Crippen MR) is 59.7 cm³/mol. The molecular formula is C11H10N2OS. The minimum Gasteiger partial charge on any atom is -0.508 e. The Morgan fingerprint density at radius 1 is 1.07 bits per heavy atom. The monoisotopic (exact) mass is 218 g/mol. The van der Waals surface area contributed by atoms with E-state index in [-0.39, 0.29) is 5.75 Å². The van der Waals surface area contributed by atoms with Crippen molar-refractivity contribution in [3.05, 3.63) is 48.5 Å². The Labute approximate surface area is 92.2 Å². The van der Waals surface area contributed by atoms with Crippen LogP contribution in [-0.4, -0.2) is 15.1 Å². The number of aromatic nitrogens is 2. The molecule has 1 heterocycles. The largest absolute Gasteiger partial charge is 0.508 e. The van der Waals surface area contributed by atoms with E-state index in [0.717, 1.165) is 16.5 Å². The third-order valence-corrected chi connectivity index (χ3v) is 2.83. The zero-order valence-corrected chi connectivity index (χ0v) is 8.81. The predicted octanol–water partition coefficient (Wildman–Crippen LogP) is 2.47. The second kappa shape index (κ2) is 4.79. The van der Waals surface area contributed by atoms with E-state index >= 15 is 0 Å². The smallest absolute Gasteiger partial charge is 0.138 e. The van der Waals surface area contributed by atoms with Gasteiger partial charge < -0.3 is 5.11 Å². The lowest BCUT2D eigenvalue weighted by Crippen LogP contribution is -1.89. The van der Waals surface area contributed by atoms with Gasteiger partial charge in [0.05, 0.1) is 5.75 Å². The Balaban J connectivity index is 1.96. The zero-order chi connectivity index (χ0) is 10.5. The fourth-order valence-electron chi connectivity index (χ4n) is 1.09. The summed E-state index contributed by atoms with van der Waals surface area (Å²) in [5, 5.41) is 9.11. The van der Waals surface area contributed by atoms with Crippen molar-refractivity contribution in [1.82, 2.24) is 9.97 Å². The summed E-state index contributed by atoms with van der Waals surface area (Å²) >= 11 is 1.65. The molecule has 1 aromatic carbocycles. The third kappa shape index (κ3) is 2.95. The van der Waals surface area contributed by atoms with Crippen molar-refractivity contribution in [3.8, 4) is 5.75 Å². The summed E-state index contributed by atoms with van der Waals surface area (Å²) < 4.78 is 0. The summed E-state index contributed by atoms with van der Waals surface area (Å²) in [7, 11) is 0. The van der Waals surface area contributed by atoms with Crippen LogP contribution in [0.5, 0.6) is 5.75 Å². The topological polar surface area (TPSA) is 46.0 Å². The molecule has 2 rings (SSSR count). The maximum atomic E-state index is 9.11. The van der Waals surface area contributed by atoms with Gasteiger partial charge in [0, 0.05) is 17.3 Å². The van der Waals surface area contributed by atoms with Crippen LogP contribution in [0.1, 0.15) is 5.82 Å². The molecule has 0 aliphatic heterocycles. The van der Waals surface area contributed by atoms with Crippen LogP contribution in [0.25, 0.3) is 0 Å². The van der Waals surface area contributed by atoms with Gasteiger partial charge >= 0.3 is 0 Å². The highest BCUT2D eigenvalue weighted by Crippen LogP contribution is 2.22. The molecule has 1 aromatic heterocycles. The fourth-order valence-corrected chi connectivity index (χ4v) is 1.87. The number of thioether (sulfide) groups is 1. The highest BCUT2D eigenvalue weighted by atomic mass is 32.2. The van der Waals surface area contributed by atoms with Crippen molar-refractivity contribution in [2.24, 2.45) is 0 Å². The normalized spacial score (nSPS) is 10.1. The molecule has 0 unspecified atom stereocenters. The molecule has 0 bridgehead atoms. The number of benzene rings is 1. The van der Waals surface area contributed by atoms with Crippen LogP contribution in [0.15, 0.2) is 47.6 Å². The van der Waals surface area contributed by atoms with E-state index in [2.05, 4.69) is 9.97 Å². The van der Waals surface area contributed by atoms with Crippen LogP contribution >= 0.6 is 11.8 Å². The van der Waals surface area contributed by atoms with Gasteiger partial charge in [-0.2, -0.15) is 0 Å². The van der Waals surface area contributed by atoms with Gasteiger partial charge in [0.2, 0.25) is 0 Å². The number of phenols is 1. The van der Waals surface area contributed by atoms with Crippen molar-refractivity contribution >= 4 is 11.8 Å². The first kappa shape index (κ1) is 9.98. The molecule has 0 spiro atoms. The average molecular weight is 218 g/mol. The van der Waals surface area contributed by atoms with E-state index in [4.69, 9.17) is 5.11 Å². The molecule has 4 heteroatoms. The van der Waals surface area contributed by atoms with Crippen molar-refractivity contribution in [3.63, 3.8) is 0 Å². The summed E-state index contributed by atoms with van der Waals surface area (Å²) in [4.78, 5) is 9.36. The molecule has 3 nitrogen and oxygen atoms in total. The Bertz CT molecular complexity index is 416. The molecule has 0 fully saturated rings. The van der Waals surface area contributed by atoms with Crippen LogP contribution in [0, 0.1) is 0 Å². The first-order valence-electron chi connectivity index (χ1n) is 4.52. The van der Waals surface area contributed by atoms with E-state index in [1.54, 1.807) is 42.4 Å². The maximum Gasteiger partial charge on any atom is 0.138 e. The molecule has 0 amide bonds. The number of aromatic hydroxyl groups is 1. The van der Waals surface area contributed by atoms with Crippen molar-refractivity contribution in [1.29, 1.82) is 0 Å². The summed E-state index contributed by atoms with van der Waals surface area (Å²) in [5.41, 5.74) is 0. The van der Waals surface area contributed by atoms with E-state index in [0.29, 0.717) is 0 Å². The van der Waals surface area contributed by atoms with Gasteiger partial charge in [-0.1, -0.05) is 0 Å². The first-order valence-corrected chi connectivity index (χ1v) is 5.51. The molecule has 0 aliphatic carbocycles. The minimum atomic E-state index is 0.287. The molecule has 0 atom stereocenters. The Morgan fingerprint density at radius 2 is 1.73 bits per heavy atom. The lowest BCUT2D eigenvalue weighted by Gasteiger charge is -2.00. The Morgan fingerprint density at radius 3 is 2.40 bits per heavy atom. The molecule has 15 heavy (non-hydrogen) atoms. The average Bonchev–Trinajstić information content (AvgIpc) is 2.30. The first-order chi connectivity index (χ1) is 7.34. The molecule has 0 radical (unpaired) electrons. The van der Waals surface area contributed by atoms with Gasteiger partial charge in [-0.15, -0.1) is 11.8 Å². The van der Waals surface area contributed by atoms with Gasteiger partial charge in [0.25, 0.3) is 0 Å². The van der Waals surface area contributed by atoms with Crippen LogP contribution in [0.3, 0.4) is 0 Å². The number of nitrogens with zero attached hydrogens (tertiary/aromatic N) is 2. The van der Waals surface area contributed by atoms with Gasteiger partial charge in [0.15, 0.2) is 0 Å². The van der Waals surface area contributed by atoms with E-state index in [1.165, 1.54) is 0 Å². The summed E-state index contributed by atoms with van der Waals surface area (Å²) in [6.07, 6.45) is 3.47. The van der Waals surface area contributed by atoms with Gasteiger partial charge in [-0.25, -0.2) is 9.97 Å². The van der Waals surface area contributed by atoms with E-state index < -0.39 is 0 Å². The SMILES string of the molecule is Oc1ccc(SCc2ncccn2)cc1.